The molecule has 5 nitrogen and oxygen atoms in total. The van der Waals surface area contributed by atoms with Crippen molar-refractivity contribution in [3.63, 3.8) is 0 Å². The Morgan fingerprint density at radius 2 is 1.67 bits per heavy atom. The van der Waals surface area contributed by atoms with Crippen molar-refractivity contribution >= 4 is 11.9 Å². The van der Waals surface area contributed by atoms with E-state index < -0.39 is 24.0 Å². The summed E-state index contributed by atoms with van der Waals surface area (Å²) in [6.07, 6.45) is 1.25. The average molecular weight is 332 g/mol. The molecule has 1 aromatic rings. The molecule has 0 radical (unpaired) electrons. The van der Waals surface area contributed by atoms with Crippen molar-refractivity contribution in [2.45, 2.75) is 38.4 Å². The molecule has 5 heteroatoms. The topological polar surface area (TPSA) is 72.8 Å². The predicted molar refractivity (Wildman–Crippen MR) is 86.8 cm³/mol. The summed E-state index contributed by atoms with van der Waals surface area (Å²) in [5, 5.41) is 10.4. The highest BCUT2D eigenvalue weighted by Gasteiger charge is 2.55. The van der Waals surface area contributed by atoms with E-state index in [1.807, 2.05) is 18.2 Å². The lowest BCUT2D eigenvalue weighted by atomic mass is 9.79. The minimum atomic E-state index is -0.884. The van der Waals surface area contributed by atoms with Gasteiger partial charge in [-0.05, 0) is 43.6 Å². The lowest BCUT2D eigenvalue weighted by Crippen LogP contribution is -2.38. The minimum Gasteiger partial charge on any atom is -0.469 e. The number of benzene rings is 1. The van der Waals surface area contributed by atoms with Gasteiger partial charge in [-0.2, -0.15) is 0 Å². The van der Waals surface area contributed by atoms with Crippen molar-refractivity contribution in [3.05, 3.63) is 35.9 Å². The number of esters is 2. The molecule has 2 fully saturated rings. The van der Waals surface area contributed by atoms with Gasteiger partial charge in [0.2, 0.25) is 0 Å². The first-order valence-electron chi connectivity index (χ1n) is 8.54. The predicted octanol–water partition coefficient (Wildman–Crippen LogP) is 2.49. The Hall–Kier alpha value is -1.88. The van der Waals surface area contributed by atoms with Crippen LogP contribution in [-0.2, 0) is 19.1 Å². The maximum atomic E-state index is 12.7. The normalized spacial score (nSPS) is 30.6. The Kier molecular flexibility index (Phi) is 4.90. The molecule has 24 heavy (non-hydrogen) atoms. The fraction of sp³-hybridized carbons (Fsp3) is 0.579. The van der Waals surface area contributed by atoms with Crippen LogP contribution in [0, 0.1) is 23.7 Å². The Balaban J connectivity index is 1.68. The lowest BCUT2D eigenvalue weighted by Gasteiger charge is -2.29. The number of rotatable bonds is 5. The highest BCUT2D eigenvalue weighted by atomic mass is 16.6. The van der Waals surface area contributed by atoms with Crippen LogP contribution in [0.4, 0.5) is 0 Å². The maximum absolute atomic E-state index is 12.7. The van der Waals surface area contributed by atoms with E-state index in [0.29, 0.717) is 5.56 Å². The van der Waals surface area contributed by atoms with E-state index in [1.54, 1.807) is 19.1 Å². The van der Waals surface area contributed by atoms with Crippen molar-refractivity contribution in [2.75, 3.05) is 7.11 Å². The molecule has 6 atom stereocenters. The minimum absolute atomic E-state index is 0.188. The molecule has 1 N–H and O–H groups in total. The number of aliphatic hydroxyl groups excluding tert-OH is 1. The zero-order chi connectivity index (χ0) is 17.3. The summed E-state index contributed by atoms with van der Waals surface area (Å²) in [5.74, 6) is -1.15. The molecule has 2 aliphatic carbocycles. The van der Waals surface area contributed by atoms with E-state index in [4.69, 9.17) is 9.47 Å². The second kappa shape index (κ2) is 6.93. The monoisotopic (exact) mass is 332 g/mol. The third-order valence-corrected chi connectivity index (χ3v) is 5.55. The van der Waals surface area contributed by atoms with E-state index in [2.05, 4.69) is 0 Å². The number of aliphatic hydroxyl groups is 1. The molecule has 0 heterocycles. The van der Waals surface area contributed by atoms with Gasteiger partial charge in [0.1, 0.15) is 12.2 Å². The second-order valence-corrected chi connectivity index (χ2v) is 6.91. The smallest absolute Gasteiger partial charge is 0.310 e. The SMILES string of the molecule is COC(=O)[C@@H]1[C@H]2CC[C@H](C2)[C@H]1C(=O)OC(C)C(O)c1ccccc1. The number of hydrogen-bond donors (Lipinski definition) is 1. The summed E-state index contributed by atoms with van der Waals surface area (Å²) in [5.41, 5.74) is 0.704. The van der Waals surface area contributed by atoms with Crippen LogP contribution in [0.25, 0.3) is 0 Å². The zero-order valence-corrected chi connectivity index (χ0v) is 14.1. The summed E-state index contributed by atoms with van der Waals surface area (Å²) in [6.45, 7) is 1.68. The summed E-state index contributed by atoms with van der Waals surface area (Å²) in [4.78, 5) is 24.8. The van der Waals surface area contributed by atoms with Crippen LogP contribution in [0.2, 0.25) is 0 Å². The third-order valence-electron chi connectivity index (χ3n) is 5.55. The highest BCUT2D eigenvalue weighted by molar-refractivity contribution is 5.83. The molecule has 0 amide bonds. The van der Waals surface area contributed by atoms with Gasteiger partial charge in [-0.25, -0.2) is 0 Å². The van der Waals surface area contributed by atoms with Crippen LogP contribution < -0.4 is 0 Å². The van der Waals surface area contributed by atoms with Gasteiger partial charge in [-0.3, -0.25) is 9.59 Å². The van der Waals surface area contributed by atoms with Crippen molar-refractivity contribution < 1.29 is 24.2 Å². The van der Waals surface area contributed by atoms with Gasteiger partial charge in [-0.1, -0.05) is 30.3 Å². The molecular weight excluding hydrogens is 308 g/mol. The Morgan fingerprint density at radius 1 is 1.08 bits per heavy atom. The number of ether oxygens (including phenoxy) is 2. The largest absolute Gasteiger partial charge is 0.469 e. The zero-order valence-electron chi connectivity index (χ0n) is 14.1. The standard InChI is InChI=1S/C19H24O5/c1-11(17(20)12-6-4-3-5-7-12)24-19(22)16-14-9-8-13(10-14)15(16)18(21)23-2/h3-7,11,13-17,20H,8-10H2,1-2H3/t11?,13-,14+,15+,16+,17?/m0/s1. The number of carbonyl (C=O) groups is 2. The highest BCUT2D eigenvalue weighted by Crippen LogP contribution is 2.53. The van der Waals surface area contributed by atoms with Crippen LogP contribution in [0.5, 0.6) is 0 Å². The van der Waals surface area contributed by atoms with Gasteiger partial charge in [-0.15, -0.1) is 0 Å². The molecule has 130 valence electrons. The lowest BCUT2D eigenvalue weighted by molar-refractivity contribution is -0.168. The third kappa shape index (κ3) is 3.05. The van der Waals surface area contributed by atoms with Gasteiger partial charge in [0.15, 0.2) is 0 Å². The summed E-state index contributed by atoms with van der Waals surface area (Å²) < 4.78 is 10.4. The fourth-order valence-corrected chi connectivity index (χ4v) is 4.35. The molecule has 0 aliphatic heterocycles. The van der Waals surface area contributed by atoms with Crippen LogP contribution in [0.3, 0.4) is 0 Å². The van der Waals surface area contributed by atoms with E-state index in [-0.39, 0.29) is 23.8 Å². The quantitative estimate of drug-likeness (QED) is 0.839. The van der Waals surface area contributed by atoms with Crippen molar-refractivity contribution in [3.8, 4) is 0 Å². The number of methoxy groups -OCH3 is 1. The first-order chi connectivity index (χ1) is 11.5. The summed E-state index contributed by atoms with van der Waals surface area (Å²) >= 11 is 0. The maximum Gasteiger partial charge on any atom is 0.310 e. The molecule has 0 saturated heterocycles. The number of carbonyl (C=O) groups excluding carboxylic acids is 2. The van der Waals surface area contributed by atoms with Crippen molar-refractivity contribution in [1.82, 2.24) is 0 Å². The van der Waals surface area contributed by atoms with E-state index in [9.17, 15) is 14.7 Å². The van der Waals surface area contributed by atoms with Crippen LogP contribution in [0.1, 0.15) is 37.9 Å². The molecule has 3 rings (SSSR count). The van der Waals surface area contributed by atoms with Gasteiger partial charge >= 0.3 is 11.9 Å². The molecule has 1 aromatic carbocycles. The molecule has 0 aromatic heterocycles. The van der Waals surface area contributed by atoms with E-state index in [1.165, 1.54) is 7.11 Å². The molecule has 0 spiro atoms. The number of fused-ring (bicyclic) bond motifs is 2. The van der Waals surface area contributed by atoms with Crippen LogP contribution >= 0.6 is 0 Å². The summed E-state index contributed by atoms with van der Waals surface area (Å²) in [6, 6.07) is 9.11. The Morgan fingerprint density at radius 3 is 2.25 bits per heavy atom. The van der Waals surface area contributed by atoms with E-state index >= 15 is 0 Å². The Labute approximate surface area is 142 Å². The second-order valence-electron chi connectivity index (χ2n) is 6.91. The van der Waals surface area contributed by atoms with Crippen LogP contribution in [-0.4, -0.2) is 30.3 Å². The van der Waals surface area contributed by atoms with Gasteiger partial charge in [0.05, 0.1) is 18.9 Å². The molecular formula is C19H24O5. The summed E-state index contributed by atoms with van der Waals surface area (Å²) in [7, 11) is 1.36. The fourth-order valence-electron chi connectivity index (χ4n) is 4.35. The van der Waals surface area contributed by atoms with Crippen molar-refractivity contribution in [2.24, 2.45) is 23.7 Å². The first kappa shape index (κ1) is 17.0. The molecule has 2 aliphatic rings. The first-order valence-corrected chi connectivity index (χ1v) is 8.54. The van der Waals surface area contributed by atoms with Gasteiger partial charge < -0.3 is 14.6 Å². The molecule has 2 bridgehead atoms. The van der Waals surface area contributed by atoms with Crippen molar-refractivity contribution in [1.29, 1.82) is 0 Å². The number of hydrogen-bond acceptors (Lipinski definition) is 5. The van der Waals surface area contributed by atoms with Gasteiger partial charge in [0.25, 0.3) is 0 Å². The average Bonchev–Trinajstić information content (AvgIpc) is 3.22. The van der Waals surface area contributed by atoms with E-state index in [0.717, 1.165) is 19.3 Å². The Bertz CT molecular complexity index is 599. The van der Waals surface area contributed by atoms with Crippen LogP contribution in [0.15, 0.2) is 30.3 Å². The molecule has 2 unspecified atom stereocenters. The van der Waals surface area contributed by atoms with Gasteiger partial charge in [0, 0.05) is 0 Å². The molecule has 2 saturated carbocycles.